The number of aryl methyl sites for hydroxylation is 1. The molecule has 0 saturated carbocycles. The van der Waals surface area contributed by atoms with Crippen LogP contribution < -0.4 is 4.74 Å². The second-order valence-electron chi connectivity index (χ2n) is 7.30. The molecule has 4 rings (SSSR count). The number of rotatable bonds is 6. The van der Waals surface area contributed by atoms with Gasteiger partial charge in [-0.3, -0.25) is 9.69 Å². The van der Waals surface area contributed by atoms with Crippen molar-refractivity contribution in [3.05, 3.63) is 107 Å². The van der Waals surface area contributed by atoms with Crippen LogP contribution in [-0.2, 0) is 11.2 Å². The summed E-state index contributed by atoms with van der Waals surface area (Å²) in [6.45, 7) is 2.65. The molecule has 0 fully saturated rings. The number of amidine groups is 1. The summed E-state index contributed by atoms with van der Waals surface area (Å²) in [5.74, 6) is 1.37. The summed E-state index contributed by atoms with van der Waals surface area (Å²) in [7, 11) is 1.63. The lowest BCUT2D eigenvalue weighted by molar-refractivity contribution is -0.122. The third kappa shape index (κ3) is 4.33. The molecule has 0 bridgehead atoms. The van der Waals surface area contributed by atoms with Crippen LogP contribution in [0.3, 0.4) is 0 Å². The van der Waals surface area contributed by atoms with Crippen molar-refractivity contribution in [3.63, 3.8) is 0 Å². The molecule has 0 aromatic heterocycles. The fraction of sp³-hybridized carbons (Fsp3) is 0.154. The third-order valence-electron chi connectivity index (χ3n) is 5.08. The van der Waals surface area contributed by atoms with Crippen molar-refractivity contribution in [1.29, 1.82) is 0 Å². The molecule has 0 unspecified atom stereocenters. The minimum absolute atomic E-state index is 0.0793. The molecule has 3 aromatic rings. The highest BCUT2D eigenvalue weighted by molar-refractivity contribution is 6.19. The summed E-state index contributed by atoms with van der Waals surface area (Å²) in [5, 5.41) is 0. The number of hydrogen-bond donors (Lipinski definition) is 0. The van der Waals surface area contributed by atoms with Gasteiger partial charge in [0, 0.05) is 12.1 Å². The molecule has 1 aliphatic rings. The lowest BCUT2D eigenvalue weighted by Gasteiger charge is -2.18. The maximum Gasteiger partial charge on any atom is 0.278 e. The van der Waals surface area contributed by atoms with Crippen molar-refractivity contribution in [2.45, 2.75) is 13.3 Å². The Hall–Kier alpha value is -3.66. The second kappa shape index (κ2) is 8.78. The van der Waals surface area contributed by atoms with E-state index in [1.165, 1.54) is 11.1 Å². The quantitative estimate of drug-likeness (QED) is 0.558. The Morgan fingerprint density at radius 2 is 1.77 bits per heavy atom. The van der Waals surface area contributed by atoms with Crippen LogP contribution in [0.15, 0.2) is 89.6 Å². The Kier molecular flexibility index (Phi) is 5.75. The molecular formula is C26H24N2O2. The molecule has 3 aromatic carbocycles. The number of ether oxygens (including phenoxy) is 1. The minimum atomic E-state index is -0.0793. The normalized spacial score (nSPS) is 14.9. The zero-order chi connectivity index (χ0) is 20.9. The van der Waals surface area contributed by atoms with E-state index in [2.05, 4.69) is 31.2 Å². The van der Waals surface area contributed by atoms with Crippen LogP contribution in [0.4, 0.5) is 0 Å². The van der Waals surface area contributed by atoms with Gasteiger partial charge in [-0.2, -0.15) is 0 Å². The molecule has 0 atom stereocenters. The molecule has 30 heavy (non-hydrogen) atoms. The summed E-state index contributed by atoms with van der Waals surface area (Å²) in [6, 6.07) is 25.9. The molecule has 1 amide bonds. The van der Waals surface area contributed by atoms with E-state index >= 15 is 0 Å². The largest absolute Gasteiger partial charge is 0.497 e. The molecular weight excluding hydrogens is 372 g/mol. The maximum absolute atomic E-state index is 13.2. The smallest absolute Gasteiger partial charge is 0.278 e. The molecule has 0 spiro atoms. The van der Waals surface area contributed by atoms with E-state index in [0.29, 0.717) is 18.1 Å². The Morgan fingerprint density at radius 3 is 2.53 bits per heavy atom. The zero-order valence-electron chi connectivity index (χ0n) is 17.2. The zero-order valence-corrected chi connectivity index (χ0v) is 17.2. The maximum atomic E-state index is 13.2. The van der Waals surface area contributed by atoms with Gasteiger partial charge in [-0.05, 0) is 42.7 Å². The number of benzene rings is 3. The summed E-state index contributed by atoms with van der Waals surface area (Å²) in [4.78, 5) is 19.7. The van der Waals surface area contributed by atoms with Crippen molar-refractivity contribution in [2.24, 2.45) is 4.99 Å². The van der Waals surface area contributed by atoms with Gasteiger partial charge in [0.25, 0.3) is 5.91 Å². The van der Waals surface area contributed by atoms with Gasteiger partial charge >= 0.3 is 0 Å². The fourth-order valence-corrected chi connectivity index (χ4v) is 3.56. The van der Waals surface area contributed by atoms with E-state index in [9.17, 15) is 4.79 Å². The van der Waals surface area contributed by atoms with Crippen LogP contribution in [0.5, 0.6) is 5.75 Å². The molecule has 4 nitrogen and oxygen atoms in total. The third-order valence-corrected chi connectivity index (χ3v) is 5.08. The molecule has 0 aliphatic carbocycles. The van der Waals surface area contributed by atoms with Gasteiger partial charge in [-0.15, -0.1) is 0 Å². The van der Waals surface area contributed by atoms with Crippen LogP contribution in [0.2, 0.25) is 0 Å². The average Bonchev–Trinajstić information content (AvgIpc) is 3.08. The number of nitrogens with zero attached hydrogens (tertiary/aromatic N) is 2. The lowest BCUT2D eigenvalue weighted by Crippen LogP contribution is -2.34. The lowest BCUT2D eigenvalue weighted by atomic mass is 10.1. The van der Waals surface area contributed by atoms with Crippen LogP contribution in [0.1, 0.15) is 22.3 Å². The summed E-state index contributed by atoms with van der Waals surface area (Å²) in [5.41, 5.74) is 4.68. The Labute approximate surface area is 177 Å². The number of methoxy groups -OCH3 is 1. The van der Waals surface area contributed by atoms with E-state index in [1.54, 1.807) is 12.0 Å². The van der Waals surface area contributed by atoms with Gasteiger partial charge in [0.05, 0.1) is 7.11 Å². The standard InChI is InChI=1S/C26H24N2O2/c1-19-8-6-9-20(16-19)14-15-28-25(22-11-4-3-5-12-22)27-24(26(28)29)18-21-10-7-13-23(17-21)30-2/h3-13,16-18H,14-15H2,1-2H3/b24-18+. The molecule has 0 saturated heterocycles. The van der Waals surface area contributed by atoms with Gasteiger partial charge < -0.3 is 4.74 Å². The summed E-state index contributed by atoms with van der Waals surface area (Å²) < 4.78 is 5.29. The topological polar surface area (TPSA) is 41.9 Å². The molecule has 0 radical (unpaired) electrons. The molecule has 1 aliphatic heterocycles. The Balaban J connectivity index is 1.65. The van der Waals surface area contributed by atoms with E-state index in [1.807, 2.05) is 60.7 Å². The van der Waals surface area contributed by atoms with Crippen molar-refractivity contribution in [3.8, 4) is 5.75 Å². The number of amides is 1. The molecule has 4 heteroatoms. The SMILES string of the molecule is COc1cccc(/C=C2/N=C(c3ccccc3)N(CCc3cccc(C)c3)C2=O)c1. The van der Waals surface area contributed by atoms with Crippen LogP contribution in [0.25, 0.3) is 6.08 Å². The average molecular weight is 396 g/mol. The first-order valence-electron chi connectivity index (χ1n) is 10.0. The highest BCUT2D eigenvalue weighted by atomic mass is 16.5. The number of hydrogen-bond acceptors (Lipinski definition) is 3. The summed E-state index contributed by atoms with van der Waals surface area (Å²) in [6.07, 6.45) is 2.59. The van der Waals surface area contributed by atoms with Gasteiger partial charge in [-0.1, -0.05) is 72.3 Å². The molecule has 150 valence electrons. The first-order chi connectivity index (χ1) is 14.6. The van der Waals surface area contributed by atoms with Crippen LogP contribution >= 0.6 is 0 Å². The van der Waals surface area contributed by atoms with Crippen LogP contribution in [-0.4, -0.2) is 30.3 Å². The van der Waals surface area contributed by atoms with Gasteiger partial charge in [0.1, 0.15) is 17.3 Å². The van der Waals surface area contributed by atoms with E-state index in [-0.39, 0.29) is 5.91 Å². The fourth-order valence-electron chi connectivity index (χ4n) is 3.56. The van der Waals surface area contributed by atoms with Gasteiger partial charge in [0.2, 0.25) is 0 Å². The van der Waals surface area contributed by atoms with E-state index in [0.717, 1.165) is 23.3 Å². The number of carbonyl (C=O) groups excluding carboxylic acids is 1. The van der Waals surface area contributed by atoms with Crippen LogP contribution in [0, 0.1) is 6.92 Å². The first kappa shape index (κ1) is 19.6. The van der Waals surface area contributed by atoms with E-state index < -0.39 is 0 Å². The summed E-state index contributed by atoms with van der Waals surface area (Å²) >= 11 is 0. The number of carbonyl (C=O) groups is 1. The van der Waals surface area contributed by atoms with Gasteiger partial charge in [0.15, 0.2) is 0 Å². The number of aliphatic imine (C=N–C) groups is 1. The molecule has 0 N–H and O–H groups in total. The van der Waals surface area contributed by atoms with Crippen molar-refractivity contribution in [2.75, 3.05) is 13.7 Å². The predicted octanol–water partition coefficient (Wildman–Crippen LogP) is 4.88. The predicted molar refractivity (Wildman–Crippen MR) is 121 cm³/mol. The monoisotopic (exact) mass is 396 g/mol. The minimum Gasteiger partial charge on any atom is -0.497 e. The molecule has 1 heterocycles. The second-order valence-corrected chi connectivity index (χ2v) is 7.30. The van der Waals surface area contributed by atoms with Gasteiger partial charge in [-0.25, -0.2) is 4.99 Å². The van der Waals surface area contributed by atoms with E-state index in [4.69, 9.17) is 9.73 Å². The Bertz CT molecular complexity index is 1120. The van der Waals surface area contributed by atoms with Crippen molar-refractivity contribution >= 4 is 17.8 Å². The first-order valence-corrected chi connectivity index (χ1v) is 10.0. The van der Waals surface area contributed by atoms with Crippen molar-refractivity contribution in [1.82, 2.24) is 4.90 Å². The highest BCUT2D eigenvalue weighted by Gasteiger charge is 2.30. The van der Waals surface area contributed by atoms with Crippen molar-refractivity contribution < 1.29 is 9.53 Å². The Morgan fingerprint density at radius 1 is 0.967 bits per heavy atom. The highest BCUT2D eigenvalue weighted by Crippen LogP contribution is 2.24.